The highest BCUT2D eigenvalue weighted by molar-refractivity contribution is 7.53. The van der Waals surface area contributed by atoms with Crippen molar-refractivity contribution in [2.24, 2.45) is 0 Å². The summed E-state index contributed by atoms with van der Waals surface area (Å²) in [4.78, 5) is 21.6. The Hall–Kier alpha value is -1.51. The maximum Gasteiger partial charge on any atom is 0.330 e. The monoisotopic (exact) mass is 568 g/mol. The Balaban J connectivity index is 1.44. The SMILES string of the molecule is CCOP(=O)(CCCNCc1c[nH]c2c(=O)[nH]cnc12)OCCCCCCCCCCCCCCCCCO. The molecular formula is C29H53N4O5P. The van der Waals surface area contributed by atoms with Gasteiger partial charge >= 0.3 is 7.60 Å². The minimum atomic E-state index is -3.07. The lowest BCUT2D eigenvalue weighted by molar-refractivity contribution is 0.207. The van der Waals surface area contributed by atoms with Crippen molar-refractivity contribution in [2.75, 3.05) is 32.5 Å². The van der Waals surface area contributed by atoms with Gasteiger partial charge in [-0.3, -0.25) is 9.36 Å². The summed E-state index contributed by atoms with van der Waals surface area (Å²) in [5.41, 5.74) is 1.90. The zero-order valence-electron chi connectivity index (χ0n) is 24.2. The van der Waals surface area contributed by atoms with Crippen LogP contribution in [0.1, 0.15) is 115 Å². The molecule has 1 unspecified atom stereocenters. The summed E-state index contributed by atoms with van der Waals surface area (Å²) in [5.74, 6) is 0. The number of nitrogens with zero attached hydrogens (tertiary/aromatic N) is 1. The maximum atomic E-state index is 13.0. The quantitative estimate of drug-likeness (QED) is 0.0724. The van der Waals surface area contributed by atoms with Gasteiger partial charge in [0.1, 0.15) is 5.52 Å². The highest BCUT2D eigenvalue weighted by Gasteiger charge is 2.23. The smallest absolute Gasteiger partial charge is 0.330 e. The Bertz CT molecular complexity index is 980. The molecule has 4 N–H and O–H groups in total. The molecule has 0 fully saturated rings. The van der Waals surface area contributed by atoms with Crippen LogP contribution >= 0.6 is 7.60 Å². The van der Waals surface area contributed by atoms with Crippen LogP contribution in [-0.4, -0.2) is 52.6 Å². The molecule has 0 saturated heterocycles. The number of aliphatic hydroxyl groups is 1. The van der Waals surface area contributed by atoms with E-state index in [2.05, 4.69) is 20.3 Å². The second kappa shape index (κ2) is 21.3. The van der Waals surface area contributed by atoms with Crippen LogP contribution in [0.5, 0.6) is 0 Å². The molecule has 0 aromatic carbocycles. The van der Waals surface area contributed by atoms with Crippen molar-refractivity contribution >= 4 is 18.6 Å². The van der Waals surface area contributed by atoms with E-state index >= 15 is 0 Å². The normalized spacial score (nSPS) is 13.3. The van der Waals surface area contributed by atoms with Gasteiger partial charge in [-0.15, -0.1) is 0 Å². The number of H-pyrrole nitrogens is 2. The Kier molecular flexibility index (Phi) is 18.4. The van der Waals surface area contributed by atoms with E-state index in [4.69, 9.17) is 14.2 Å². The van der Waals surface area contributed by atoms with Crippen LogP contribution in [0.25, 0.3) is 11.0 Å². The summed E-state index contributed by atoms with van der Waals surface area (Å²) in [6.45, 7) is 4.29. The molecule has 0 aliphatic rings. The first-order chi connectivity index (χ1) is 19.1. The molecule has 1 atom stereocenters. The van der Waals surface area contributed by atoms with Gasteiger partial charge in [0.15, 0.2) is 0 Å². The number of unbranched alkanes of at least 4 members (excludes halogenated alkanes) is 14. The molecule has 2 aromatic rings. The number of aromatic nitrogens is 3. The third-order valence-corrected chi connectivity index (χ3v) is 9.16. The predicted octanol–water partition coefficient (Wildman–Crippen LogP) is 6.82. The van der Waals surface area contributed by atoms with Gasteiger partial charge in [-0.25, -0.2) is 4.98 Å². The Labute approximate surface area is 234 Å². The summed E-state index contributed by atoms with van der Waals surface area (Å²) in [7, 11) is -3.07. The van der Waals surface area contributed by atoms with Gasteiger partial charge < -0.3 is 29.4 Å². The molecule has 0 radical (unpaired) electrons. The highest BCUT2D eigenvalue weighted by atomic mass is 31.2. The summed E-state index contributed by atoms with van der Waals surface area (Å²) >= 11 is 0. The van der Waals surface area contributed by atoms with Gasteiger partial charge in [0.25, 0.3) is 5.56 Å². The number of hydrogen-bond acceptors (Lipinski definition) is 7. The third kappa shape index (κ3) is 14.6. The lowest BCUT2D eigenvalue weighted by Crippen LogP contribution is -2.16. The van der Waals surface area contributed by atoms with Gasteiger partial charge in [0.2, 0.25) is 0 Å². The van der Waals surface area contributed by atoms with E-state index < -0.39 is 7.60 Å². The van der Waals surface area contributed by atoms with Gasteiger partial charge in [-0.05, 0) is 32.7 Å². The number of nitrogens with one attached hydrogen (secondary N) is 3. The number of fused-ring (bicyclic) bond motifs is 1. The minimum absolute atomic E-state index is 0.180. The van der Waals surface area contributed by atoms with E-state index in [1.807, 2.05) is 6.92 Å². The molecule has 2 rings (SSSR count). The molecule has 0 bridgehead atoms. The fourth-order valence-electron chi connectivity index (χ4n) is 4.84. The van der Waals surface area contributed by atoms with Gasteiger partial charge in [0, 0.05) is 24.9 Å². The largest absolute Gasteiger partial charge is 0.396 e. The average Bonchev–Trinajstić information content (AvgIpc) is 3.35. The second-order valence-corrected chi connectivity index (χ2v) is 12.6. The van der Waals surface area contributed by atoms with Crippen LogP contribution in [0.3, 0.4) is 0 Å². The van der Waals surface area contributed by atoms with E-state index in [1.165, 1.54) is 83.4 Å². The van der Waals surface area contributed by atoms with Crippen molar-refractivity contribution in [3.8, 4) is 0 Å². The van der Waals surface area contributed by atoms with Gasteiger partial charge in [-0.2, -0.15) is 0 Å². The number of hydrogen-bond donors (Lipinski definition) is 4. The van der Waals surface area contributed by atoms with Crippen molar-refractivity contribution in [1.82, 2.24) is 20.3 Å². The van der Waals surface area contributed by atoms with Crippen molar-refractivity contribution in [3.63, 3.8) is 0 Å². The second-order valence-electron chi connectivity index (χ2n) is 10.4. The van der Waals surface area contributed by atoms with Crippen LogP contribution < -0.4 is 10.9 Å². The van der Waals surface area contributed by atoms with E-state index in [9.17, 15) is 9.36 Å². The number of rotatable bonds is 26. The fraction of sp³-hybridized carbons (Fsp3) is 0.793. The van der Waals surface area contributed by atoms with E-state index in [0.717, 1.165) is 24.8 Å². The van der Waals surface area contributed by atoms with Crippen LogP contribution in [0.4, 0.5) is 0 Å². The van der Waals surface area contributed by atoms with E-state index in [1.54, 1.807) is 6.20 Å². The lowest BCUT2D eigenvalue weighted by atomic mass is 10.0. The molecule has 224 valence electrons. The Morgan fingerprint density at radius 1 is 0.846 bits per heavy atom. The zero-order valence-corrected chi connectivity index (χ0v) is 25.1. The molecule has 0 spiro atoms. The standard InChI is InChI=1S/C29H53N4O5P/c1-2-37-39(36,22-18-19-30-23-26-24-31-28-27(26)32-25-33-29(28)35)38-21-17-15-13-11-9-7-5-3-4-6-8-10-12-14-16-20-34/h24-25,30-31,34H,2-23H2,1H3,(H,32,33,35). The molecule has 0 aliphatic heterocycles. The molecule has 0 amide bonds. The third-order valence-electron chi connectivity index (χ3n) is 7.07. The molecule has 10 heteroatoms. The molecular weight excluding hydrogens is 515 g/mol. The van der Waals surface area contributed by atoms with Gasteiger partial charge in [-0.1, -0.05) is 83.5 Å². The maximum absolute atomic E-state index is 13.0. The molecule has 0 saturated carbocycles. The van der Waals surface area contributed by atoms with Crippen LogP contribution in [0.2, 0.25) is 0 Å². The summed E-state index contributed by atoms with van der Waals surface area (Å²) in [6, 6.07) is 0. The first-order valence-corrected chi connectivity index (χ1v) is 17.1. The van der Waals surface area contributed by atoms with Crippen LogP contribution in [0, 0.1) is 0 Å². The summed E-state index contributed by atoms with van der Waals surface area (Å²) < 4.78 is 24.3. The first-order valence-electron chi connectivity index (χ1n) is 15.3. The average molecular weight is 569 g/mol. The van der Waals surface area contributed by atoms with E-state index in [-0.39, 0.29) is 5.56 Å². The van der Waals surface area contributed by atoms with E-state index in [0.29, 0.717) is 56.5 Å². The lowest BCUT2D eigenvalue weighted by Gasteiger charge is -2.18. The van der Waals surface area contributed by atoms with Crippen molar-refractivity contribution in [3.05, 3.63) is 28.4 Å². The zero-order chi connectivity index (χ0) is 28.0. The first kappa shape index (κ1) is 33.7. The molecule has 39 heavy (non-hydrogen) atoms. The summed E-state index contributed by atoms with van der Waals surface area (Å²) in [5, 5.41) is 12.1. The Morgan fingerprint density at radius 2 is 1.44 bits per heavy atom. The molecule has 0 aliphatic carbocycles. The topological polar surface area (TPSA) is 129 Å². The number of aliphatic hydroxyl groups excluding tert-OH is 1. The molecule has 9 nitrogen and oxygen atoms in total. The van der Waals surface area contributed by atoms with Crippen molar-refractivity contribution in [1.29, 1.82) is 0 Å². The fourth-order valence-corrected chi connectivity index (χ4v) is 6.52. The van der Waals surface area contributed by atoms with Crippen LogP contribution in [0.15, 0.2) is 17.3 Å². The highest BCUT2D eigenvalue weighted by Crippen LogP contribution is 2.48. The van der Waals surface area contributed by atoms with Crippen molar-refractivity contribution in [2.45, 2.75) is 116 Å². The summed E-state index contributed by atoms with van der Waals surface area (Å²) in [6.07, 6.45) is 22.9. The molecule has 2 aromatic heterocycles. The van der Waals surface area contributed by atoms with Crippen molar-refractivity contribution < 1.29 is 18.7 Å². The molecule has 2 heterocycles. The van der Waals surface area contributed by atoms with Crippen LogP contribution in [-0.2, 0) is 20.2 Å². The minimum Gasteiger partial charge on any atom is -0.396 e. The van der Waals surface area contributed by atoms with Gasteiger partial charge in [0.05, 0.1) is 31.2 Å². The number of aromatic amines is 2. The Morgan fingerprint density at radius 3 is 2.03 bits per heavy atom. The predicted molar refractivity (Wildman–Crippen MR) is 159 cm³/mol.